The van der Waals surface area contributed by atoms with Crippen LogP contribution in [0.4, 0.5) is 0 Å². The summed E-state index contributed by atoms with van der Waals surface area (Å²) in [5.41, 5.74) is 1.34. The number of hydrogen-bond donors (Lipinski definition) is 1. The summed E-state index contributed by atoms with van der Waals surface area (Å²) in [5, 5.41) is 10.4. The summed E-state index contributed by atoms with van der Waals surface area (Å²) in [6.45, 7) is 0.435. The van der Waals surface area contributed by atoms with Crippen LogP contribution < -0.4 is 0 Å². The molecule has 1 aromatic carbocycles. The Bertz CT molecular complexity index is 571. The number of phenols is 1. The van der Waals surface area contributed by atoms with E-state index in [0.717, 1.165) is 5.69 Å². The molecule has 2 rings (SSSR count). The molecule has 0 unspecified atom stereocenters. The molecule has 0 spiro atoms. The molecular formula is C13H10Cl2N2O. The van der Waals surface area contributed by atoms with E-state index in [2.05, 4.69) is 9.98 Å². The zero-order chi connectivity index (χ0) is 13.0. The van der Waals surface area contributed by atoms with Gasteiger partial charge in [-0.05, 0) is 24.3 Å². The van der Waals surface area contributed by atoms with Crippen LogP contribution in [-0.2, 0) is 6.54 Å². The van der Waals surface area contributed by atoms with E-state index in [0.29, 0.717) is 17.1 Å². The molecule has 0 aliphatic heterocycles. The predicted octanol–water partition coefficient (Wildman–Crippen LogP) is 3.71. The number of rotatable bonds is 3. The number of phenolic OH excluding ortho intramolecular Hbond substituents is 1. The first-order valence-electron chi connectivity index (χ1n) is 5.24. The highest BCUT2D eigenvalue weighted by Crippen LogP contribution is 2.29. The SMILES string of the molecule is Oc1c(Cl)cc(Cl)cc1C=NCc1ccccn1. The Kier molecular flexibility index (Phi) is 4.18. The van der Waals surface area contributed by atoms with Gasteiger partial charge in [0.1, 0.15) is 5.75 Å². The molecule has 0 fully saturated rings. The van der Waals surface area contributed by atoms with Crippen molar-refractivity contribution >= 4 is 29.4 Å². The number of benzene rings is 1. The summed E-state index contributed by atoms with van der Waals surface area (Å²) in [5.74, 6) is -0.0224. The van der Waals surface area contributed by atoms with Gasteiger partial charge in [-0.1, -0.05) is 29.3 Å². The second kappa shape index (κ2) is 5.85. The smallest absolute Gasteiger partial charge is 0.143 e. The van der Waals surface area contributed by atoms with Gasteiger partial charge in [0.05, 0.1) is 17.3 Å². The lowest BCUT2D eigenvalue weighted by atomic mass is 10.2. The number of nitrogens with zero attached hydrogens (tertiary/aromatic N) is 2. The van der Waals surface area contributed by atoms with Crippen LogP contribution in [0.2, 0.25) is 10.0 Å². The summed E-state index contributed by atoms with van der Waals surface area (Å²) >= 11 is 11.7. The second-order valence-corrected chi connectivity index (χ2v) is 4.46. The van der Waals surface area contributed by atoms with Crippen molar-refractivity contribution in [3.05, 3.63) is 57.8 Å². The first kappa shape index (κ1) is 12.9. The first-order valence-corrected chi connectivity index (χ1v) is 6.00. The summed E-state index contributed by atoms with van der Waals surface area (Å²) in [7, 11) is 0. The third kappa shape index (κ3) is 3.22. The zero-order valence-corrected chi connectivity index (χ0v) is 10.9. The maximum absolute atomic E-state index is 9.72. The van der Waals surface area contributed by atoms with Gasteiger partial charge in [0.2, 0.25) is 0 Å². The highest BCUT2D eigenvalue weighted by Gasteiger charge is 2.05. The van der Waals surface area contributed by atoms with Gasteiger partial charge < -0.3 is 5.11 Å². The Morgan fingerprint density at radius 3 is 2.83 bits per heavy atom. The Morgan fingerprint density at radius 2 is 2.11 bits per heavy atom. The van der Waals surface area contributed by atoms with Crippen LogP contribution in [0.5, 0.6) is 5.75 Å². The zero-order valence-electron chi connectivity index (χ0n) is 9.35. The van der Waals surface area contributed by atoms with Crippen LogP contribution in [0.3, 0.4) is 0 Å². The molecule has 3 nitrogen and oxygen atoms in total. The van der Waals surface area contributed by atoms with Gasteiger partial charge in [-0.25, -0.2) is 0 Å². The lowest BCUT2D eigenvalue weighted by Gasteiger charge is -2.02. The monoisotopic (exact) mass is 280 g/mol. The lowest BCUT2D eigenvalue weighted by Crippen LogP contribution is -1.88. The third-order valence-corrected chi connectivity index (χ3v) is 2.77. The van der Waals surface area contributed by atoms with E-state index in [9.17, 15) is 5.11 Å². The van der Waals surface area contributed by atoms with Crippen molar-refractivity contribution in [2.24, 2.45) is 4.99 Å². The number of aromatic hydroxyl groups is 1. The number of aromatic nitrogens is 1. The maximum Gasteiger partial charge on any atom is 0.143 e. The van der Waals surface area contributed by atoms with Gasteiger partial charge in [-0.15, -0.1) is 0 Å². The van der Waals surface area contributed by atoms with E-state index in [4.69, 9.17) is 23.2 Å². The molecule has 0 atom stereocenters. The molecule has 0 amide bonds. The quantitative estimate of drug-likeness (QED) is 0.871. The molecule has 2 aromatic rings. The summed E-state index contributed by atoms with van der Waals surface area (Å²) in [6.07, 6.45) is 3.24. The molecule has 5 heteroatoms. The van der Waals surface area contributed by atoms with Gasteiger partial charge in [0.15, 0.2) is 0 Å². The van der Waals surface area contributed by atoms with E-state index in [1.54, 1.807) is 12.3 Å². The first-order chi connectivity index (χ1) is 8.66. The molecule has 0 bridgehead atoms. The van der Waals surface area contributed by atoms with Crippen molar-refractivity contribution in [3.8, 4) is 5.75 Å². The van der Waals surface area contributed by atoms with Crippen molar-refractivity contribution in [2.75, 3.05) is 0 Å². The fourth-order valence-electron chi connectivity index (χ4n) is 1.41. The van der Waals surface area contributed by atoms with Crippen LogP contribution in [0, 0.1) is 0 Å². The number of pyridine rings is 1. The van der Waals surface area contributed by atoms with Crippen molar-refractivity contribution in [1.29, 1.82) is 0 Å². The van der Waals surface area contributed by atoms with Crippen LogP contribution in [0.1, 0.15) is 11.3 Å². The Labute approximate surface area is 115 Å². The molecule has 1 aromatic heterocycles. The average Bonchev–Trinajstić information content (AvgIpc) is 2.36. The fraction of sp³-hybridized carbons (Fsp3) is 0.0769. The van der Waals surface area contributed by atoms with Gasteiger partial charge in [-0.3, -0.25) is 9.98 Å². The van der Waals surface area contributed by atoms with Crippen molar-refractivity contribution in [3.63, 3.8) is 0 Å². The van der Waals surface area contributed by atoms with Crippen molar-refractivity contribution < 1.29 is 5.11 Å². The molecule has 92 valence electrons. The van der Waals surface area contributed by atoms with Crippen LogP contribution in [-0.4, -0.2) is 16.3 Å². The highest BCUT2D eigenvalue weighted by atomic mass is 35.5. The van der Waals surface area contributed by atoms with Gasteiger partial charge in [0, 0.05) is 23.0 Å². The molecule has 0 saturated carbocycles. The van der Waals surface area contributed by atoms with Gasteiger partial charge in [-0.2, -0.15) is 0 Å². The standard InChI is InChI=1S/C13H10Cl2N2O/c14-10-5-9(13(18)12(15)6-10)7-16-8-11-3-1-2-4-17-11/h1-7,18H,8H2. The molecule has 0 saturated heterocycles. The minimum absolute atomic E-state index is 0.0224. The van der Waals surface area contributed by atoms with Crippen molar-refractivity contribution in [2.45, 2.75) is 6.54 Å². The van der Waals surface area contributed by atoms with Crippen molar-refractivity contribution in [1.82, 2.24) is 4.98 Å². The number of halogens is 2. The highest BCUT2D eigenvalue weighted by molar-refractivity contribution is 6.36. The minimum Gasteiger partial charge on any atom is -0.506 e. The van der Waals surface area contributed by atoms with Gasteiger partial charge >= 0.3 is 0 Å². The summed E-state index contributed by atoms with van der Waals surface area (Å²) in [4.78, 5) is 8.33. The lowest BCUT2D eigenvalue weighted by molar-refractivity contribution is 0.474. The summed E-state index contributed by atoms with van der Waals surface area (Å²) in [6, 6.07) is 8.70. The minimum atomic E-state index is -0.0224. The maximum atomic E-state index is 9.72. The summed E-state index contributed by atoms with van der Waals surface area (Å²) < 4.78 is 0. The van der Waals surface area contributed by atoms with E-state index in [1.165, 1.54) is 12.3 Å². The third-order valence-electron chi connectivity index (χ3n) is 2.27. The van der Waals surface area contributed by atoms with E-state index >= 15 is 0 Å². The number of hydrogen-bond acceptors (Lipinski definition) is 3. The average molecular weight is 281 g/mol. The Morgan fingerprint density at radius 1 is 1.28 bits per heavy atom. The van der Waals surface area contributed by atoms with E-state index < -0.39 is 0 Å². The second-order valence-electron chi connectivity index (χ2n) is 3.62. The molecule has 18 heavy (non-hydrogen) atoms. The molecule has 0 radical (unpaired) electrons. The molecule has 1 heterocycles. The van der Waals surface area contributed by atoms with Gasteiger partial charge in [0.25, 0.3) is 0 Å². The molecular weight excluding hydrogens is 271 g/mol. The van der Waals surface area contributed by atoms with E-state index in [-0.39, 0.29) is 10.8 Å². The fourth-order valence-corrected chi connectivity index (χ4v) is 1.92. The van der Waals surface area contributed by atoms with Crippen LogP contribution in [0.15, 0.2) is 41.5 Å². The van der Waals surface area contributed by atoms with E-state index in [1.807, 2.05) is 18.2 Å². The predicted molar refractivity (Wildman–Crippen MR) is 73.7 cm³/mol. The normalized spacial score (nSPS) is 11.0. The molecule has 0 aliphatic carbocycles. The number of aliphatic imine (C=N–C) groups is 1. The van der Waals surface area contributed by atoms with Crippen LogP contribution in [0.25, 0.3) is 0 Å². The molecule has 1 N–H and O–H groups in total. The Hall–Kier alpha value is -1.58. The largest absolute Gasteiger partial charge is 0.506 e. The Balaban J connectivity index is 2.15. The molecule has 0 aliphatic rings. The van der Waals surface area contributed by atoms with Crippen LogP contribution >= 0.6 is 23.2 Å². The topological polar surface area (TPSA) is 45.5 Å².